The predicted molar refractivity (Wildman–Crippen MR) is 154 cm³/mol. The first-order valence-corrected chi connectivity index (χ1v) is 12.4. The van der Waals surface area contributed by atoms with Crippen LogP contribution in [-0.4, -0.2) is 28.7 Å². The summed E-state index contributed by atoms with van der Waals surface area (Å²) in [7, 11) is 1.67. The van der Waals surface area contributed by atoms with Gasteiger partial charge in [-0.15, -0.1) is 0 Å². The Balaban J connectivity index is 1.54. The van der Waals surface area contributed by atoms with Crippen LogP contribution in [0.3, 0.4) is 0 Å². The number of benzene rings is 4. The lowest BCUT2D eigenvalue weighted by Crippen LogP contribution is -1.96. The zero-order valence-electron chi connectivity index (χ0n) is 20.8. The Morgan fingerprint density at radius 2 is 1.34 bits per heavy atom. The molecule has 2 heterocycles. The van der Waals surface area contributed by atoms with E-state index in [9.17, 15) is 5.11 Å². The number of methoxy groups -OCH3 is 1. The van der Waals surface area contributed by atoms with E-state index < -0.39 is 0 Å². The number of aliphatic imine (C=N–C) groups is 2. The van der Waals surface area contributed by atoms with Gasteiger partial charge in [-0.05, 0) is 47.5 Å². The molecule has 5 aromatic rings. The average Bonchev–Trinajstić information content (AvgIpc) is 3.59. The lowest BCUT2D eigenvalue weighted by atomic mass is 10.0. The molecule has 2 N–H and O–H groups in total. The Labute approximate surface area is 221 Å². The van der Waals surface area contributed by atoms with Crippen LogP contribution in [0.1, 0.15) is 11.1 Å². The Hall–Kier alpha value is -5.16. The van der Waals surface area contributed by atoms with Crippen LogP contribution in [-0.2, 0) is 0 Å². The number of hydrogen-bond donors (Lipinski definition) is 2. The van der Waals surface area contributed by atoms with E-state index in [0.717, 1.165) is 39.3 Å². The predicted octanol–water partition coefficient (Wildman–Crippen LogP) is 7.68. The second-order valence-corrected chi connectivity index (χ2v) is 8.89. The van der Waals surface area contributed by atoms with Crippen LogP contribution in [0.2, 0.25) is 0 Å². The summed E-state index contributed by atoms with van der Waals surface area (Å²) in [5, 5.41) is 10.5. The molecule has 6 rings (SSSR count). The van der Waals surface area contributed by atoms with Crippen molar-refractivity contribution < 1.29 is 9.84 Å². The SMILES string of the molecule is COc1ccccc1-c1cc(-c2ccccc2)c(/N=C2\N=C(c3ccccc3O)C=C2c2ccccc2)[nH]1. The van der Waals surface area contributed by atoms with Gasteiger partial charge in [0, 0.05) is 22.3 Å². The van der Waals surface area contributed by atoms with Crippen molar-refractivity contribution in [2.24, 2.45) is 9.98 Å². The van der Waals surface area contributed by atoms with Gasteiger partial charge in [0.25, 0.3) is 0 Å². The molecule has 0 spiro atoms. The first-order chi connectivity index (χ1) is 18.7. The molecule has 1 aliphatic rings. The van der Waals surface area contributed by atoms with E-state index in [2.05, 4.69) is 23.2 Å². The molecular formula is C33H25N3O2. The molecular weight excluding hydrogens is 470 g/mol. The fourth-order valence-corrected chi connectivity index (χ4v) is 4.64. The van der Waals surface area contributed by atoms with Gasteiger partial charge in [-0.25, -0.2) is 9.98 Å². The summed E-state index contributed by atoms with van der Waals surface area (Å²) in [6.45, 7) is 0. The van der Waals surface area contributed by atoms with E-state index >= 15 is 0 Å². The Morgan fingerprint density at radius 3 is 2.05 bits per heavy atom. The molecule has 0 fully saturated rings. The number of aromatic hydroxyl groups is 1. The van der Waals surface area contributed by atoms with Gasteiger partial charge >= 0.3 is 0 Å². The van der Waals surface area contributed by atoms with Crippen LogP contribution in [0, 0.1) is 0 Å². The van der Waals surface area contributed by atoms with Gasteiger partial charge in [0.15, 0.2) is 5.84 Å². The first kappa shape index (κ1) is 23.3. The average molecular weight is 496 g/mol. The Morgan fingerprint density at radius 1 is 0.711 bits per heavy atom. The summed E-state index contributed by atoms with van der Waals surface area (Å²) >= 11 is 0. The maximum absolute atomic E-state index is 10.5. The summed E-state index contributed by atoms with van der Waals surface area (Å²) in [5.41, 5.74) is 7.05. The van der Waals surface area contributed by atoms with Crippen LogP contribution < -0.4 is 4.74 Å². The minimum absolute atomic E-state index is 0.180. The number of hydrogen-bond acceptors (Lipinski definition) is 3. The number of allylic oxidation sites excluding steroid dienone is 1. The summed E-state index contributed by atoms with van der Waals surface area (Å²) in [5.74, 6) is 2.22. The van der Waals surface area contributed by atoms with Gasteiger partial charge in [-0.1, -0.05) is 84.9 Å². The summed E-state index contributed by atoms with van der Waals surface area (Å²) in [4.78, 5) is 13.5. The lowest BCUT2D eigenvalue weighted by Gasteiger charge is -2.06. The van der Waals surface area contributed by atoms with Crippen molar-refractivity contribution in [3.05, 3.63) is 132 Å². The highest BCUT2D eigenvalue weighted by atomic mass is 16.5. The quantitative estimate of drug-likeness (QED) is 0.254. The van der Waals surface area contributed by atoms with Gasteiger partial charge in [0.05, 0.1) is 18.5 Å². The van der Waals surface area contributed by atoms with Crippen molar-refractivity contribution >= 4 is 22.9 Å². The standard InChI is InChI=1S/C33H25N3O2/c1-38-31-19-11-9-17-25(31)29-21-27(23-14-6-3-7-15-23)33(35-29)36-32-26(22-12-4-2-5-13-22)20-28(34-32)24-16-8-10-18-30(24)37/h2-21,35,37H,1H3/b36-32-. The van der Waals surface area contributed by atoms with E-state index in [1.807, 2.05) is 91.0 Å². The zero-order chi connectivity index (χ0) is 25.9. The van der Waals surface area contributed by atoms with E-state index in [0.29, 0.717) is 22.9 Å². The number of aromatic amines is 1. The van der Waals surface area contributed by atoms with Crippen LogP contribution >= 0.6 is 0 Å². The Kier molecular flexibility index (Phi) is 6.16. The molecule has 0 saturated carbocycles. The molecule has 0 atom stereocenters. The number of H-pyrrole nitrogens is 1. The van der Waals surface area contributed by atoms with E-state index in [1.54, 1.807) is 19.2 Å². The number of amidine groups is 1. The van der Waals surface area contributed by atoms with Crippen molar-refractivity contribution in [2.75, 3.05) is 7.11 Å². The van der Waals surface area contributed by atoms with E-state index in [1.165, 1.54) is 0 Å². The maximum Gasteiger partial charge on any atom is 0.162 e. The van der Waals surface area contributed by atoms with E-state index in [-0.39, 0.29) is 5.75 Å². The van der Waals surface area contributed by atoms with Crippen LogP contribution in [0.25, 0.3) is 28.0 Å². The number of nitrogens with zero attached hydrogens (tertiary/aromatic N) is 2. The topological polar surface area (TPSA) is 70.0 Å². The monoisotopic (exact) mass is 495 g/mol. The molecule has 0 unspecified atom stereocenters. The van der Waals surface area contributed by atoms with Crippen molar-refractivity contribution in [1.29, 1.82) is 0 Å². The van der Waals surface area contributed by atoms with Crippen molar-refractivity contribution in [3.63, 3.8) is 0 Å². The molecule has 184 valence electrons. The van der Waals surface area contributed by atoms with Gasteiger partial charge in [-0.2, -0.15) is 0 Å². The molecule has 5 nitrogen and oxygen atoms in total. The lowest BCUT2D eigenvalue weighted by molar-refractivity contribution is 0.416. The first-order valence-electron chi connectivity index (χ1n) is 12.4. The van der Waals surface area contributed by atoms with E-state index in [4.69, 9.17) is 14.7 Å². The molecule has 1 aliphatic heterocycles. The summed E-state index contributed by atoms with van der Waals surface area (Å²) in [6.07, 6.45) is 1.98. The fourth-order valence-electron chi connectivity index (χ4n) is 4.64. The van der Waals surface area contributed by atoms with Crippen molar-refractivity contribution in [1.82, 2.24) is 4.98 Å². The fraction of sp³-hybridized carbons (Fsp3) is 0.0303. The molecule has 4 aromatic carbocycles. The van der Waals surface area contributed by atoms with Crippen LogP contribution in [0.5, 0.6) is 11.5 Å². The smallest absolute Gasteiger partial charge is 0.162 e. The van der Waals surface area contributed by atoms with Gasteiger partial charge in [0.2, 0.25) is 0 Å². The second kappa shape index (κ2) is 10.1. The molecule has 0 bridgehead atoms. The number of ether oxygens (including phenoxy) is 1. The summed E-state index contributed by atoms with van der Waals surface area (Å²) in [6, 6.07) is 37.4. The number of para-hydroxylation sites is 2. The molecule has 0 radical (unpaired) electrons. The number of phenols is 1. The zero-order valence-corrected chi connectivity index (χ0v) is 20.8. The van der Waals surface area contributed by atoms with Crippen molar-refractivity contribution in [2.45, 2.75) is 0 Å². The molecule has 0 aliphatic carbocycles. The van der Waals surface area contributed by atoms with Gasteiger partial charge in [0.1, 0.15) is 17.3 Å². The largest absolute Gasteiger partial charge is 0.507 e. The molecule has 5 heteroatoms. The Bertz CT molecular complexity index is 1700. The highest BCUT2D eigenvalue weighted by Gasteiger charge is 2.22. The minimum Gasteiger partial charge on any atom is -0.507 e. The third-order valence-electron chi connectivity index (χ3n) is 6.51. The highest BCUT2D eigenvalue weighted by Crippen LogP contribution is 2.39. The number of phenolic OH excluding ortho intramolecular Hbond substituents is 1. The third-order valence-corrected chi connectivity index (χ3v) is 6.51. The number of aromatic nitrogens is 1. The summed E-state index contributed by atoms with van der Waals surface area (Å²) < 4.78 is 5.63. The second-order valence-electron chi connectivity index (χ2n) is 8.89. The minimum atomic E-state index is 0.180. The van der Waals surface area contributed by atoms with Gasteiger partial charge < -0.3 is 14.8 Å². The number of rotatable bonds is 6. The molecule has 38 heavy (non-hydrogen) atoms. The normalized spacial score (nSPS) is 13.9. The van der Waals surface area contributed by atoms with Crippen LogP contribution in [0.4, 0.5) is 5.82 Å². The molecule has 1 aromatic heterocycles. The molecule has 0 saturated heterocycles. The molecule has 0 amide bonds. The number of nitrogens with one attached hydrogen (secondary N) is 1. The third kappa shape index (κ3) is 4.42. The van der Waals surface area contributed by atoms with Crippen LogP contribution in [0.15, 0.2) is 131 Å². The van der Waals surface area contributed by atoms with Gasteiger partial charge in [-0.3, -0.25) is 0 Å². The highest BCUT2D eigenvalue weighted by molar-refractivity contribution is 6.38. The maximum atomic E-state index is 10.5. The van der Waals surface area contributed by atoms with Crippen molar-refractivity contribution in [3.8, 4) is 33.9 Å².